The number of carbonyl (C=O) groups is 1. The van der Waals surface area contributed by atoms with Gasteiger partial charge < -0.3 is 19.8 Å². The van der Waals surface area contributed by atoms with Gasteiger partial charge in [-0.25, -0.2) is 0 Å². The molecule has 3 aromatic rings. The van der Waals surface area contributed by atoms with Crippen molar-refractivity contribution in [3.05, 3.63) is 68.4 Å². The minimum atomic E-state index is -0.322. The zero-order chi connectivity index (χ0) is 19.4. The molecular formula is C20H19BrN2O4. The van der Waals surface area contributed by atoms with E-state index in [4.69, 9.17) is 9.47 Å². The molecule has 0 saturated heterocycles. The molecule has 2 aromatic carbocycles. The van der Waals surface area contributed by atoms with Crippen LogP contribution in [0.2, 0.25) is 0 Å². The van der Waals surface area contributed by atoms with Crippen molar-refractivity contribution in [2.24, 2.45) is 0 Å². The lowest BCUT2D eigenvalue weighted by Gasteiger charge is -2.12. The quantitative estimate of drug-likeness (QED) is 0.625. The first-order valence-corrected chi connectivity index (χ1v) is 9.21. The maximum absolute atomic E-state index is 12.7. The molecule has 0 fully saturated rings. The number of pyridine rings is 1. The fourth-order valence-electron chi connectivity index (χ4n) is 2.79. The Kier molecular flexibility index (Phi) is 5.81. The highest BCUT2D eigenvalue weighted by Gasteiger charge is 2.13. The predicted molar refractivity (Wildman–Crippen MR) is 108 cm³/mol. The molecule has 0 saturated carbocycles. The molecule has 27 heavy (non-hydrogen) atoms. The lowest BCUT2D eigenvalue weighted by atomic mass is 10.1. The van der Waals surface area contributed by atoms with E-state index in [1.54, 1.807) is 19.2 Å². The fourth-order valence-corrected chi connectivity index (χ4v) is 3.15. The maximum Gasteiger partial charge on any atom is 0.252 e. The molecule has 0 aliphatic heterocycles. The number of rotatable bonds is 6. The number of amides is 1. The summed E-state index contributed by atoms with van der Waals surface area (Å²) in [7, 11) is 1.57. The highest BCUT2D eigenvalue weighted by atomic mass is 79.9. The van der Waals surface area contributed by atoms with Crippen LogP contribution in [0.1, 0.15) is 22.8 Å². The molecule has 140 valence electrons. The second kappa shape index (κ2) is 8.26. The molecule has 2 N–H and O–H groups in total. The summed E-state index contributed by atoms with van der Waals surface area (Å²) in [5, 5.41) is 3.53. The maximum atomic E-state index is 12.7. The highest BCUT2D eigenvalue weighted by Crippen LogP contribution is 2.28. The molecule has 0 unspecified atom stereocenters. The molecule has 0 aliphatic carbocycles. The van der Waals surface area contributed by atoms with Gasteiger partial charge in [0.25, 0.3) is 5.91 Å². The number of H-pyrrole nitrogens is 1. The average Bonchev–Trinajstić information content (AvgIpc) is 2.66. The van der Waals surface area contributed by atoms with Crippen molar-refractivity contribution < 1.29 is 14.3 Å². The number of aromatic amines is 1. The molecular weight excluding hydrogens is 412 g/mol. The molecule has 7 heteroatoms. The van der Waals surface area contributed by atoms with Crippen LogP contribution in [-0.4, -0.2) is 24.6 Å². The number of hydrogen-bond donors (Lipinski definition) is 2. The van der Waals surface area contributed by atoms with Crippen molar-refractivity contribution in [2.75, 3.05) is 13.7 Å². The summed E-state index contributed by atoms with van der Waals surface area (Å²) in [4.78, 5) is 27.3. The predicted octanol–water partition coefficient (Wildman–Crippen LogP) is 3.63. The molecule has 0 spiro atoms. The van der Waals surface area contributed by atoms with Gasteiger partial charge in [0, 0.05) is 28.0 Å². The first-order valence-electron chi connectivity index (χ1n) is 8.42. The molecule has 0 atom stereocenters. The minimum Gasteiger partial charge on any atom is -0.493 e. The van der Waals surface area contributed by atoms with Gasteiger partial charge in [-0.3, -0.25) is 9.59 Å². The Bertz CT molecular complexity index is 1050. The van der Waals surface area contributed by atoms with Crippen LogP contribution in [0.5, 0.6) is 11.5 Å². The number of halogens is 1. The highest BCUT2D eigenvalue weighted by molar-refractivity contribution is 9.10. The Morgan fingerprint density at radius 3 is 2.70 bits per heavy atom. The van der Waals surface area contributed by atoms with E-state index in [-0.39, 0.29) is 11.5 Å². The van der Waals surface area contributed by atoms with Crippen LogP contribution in [-0.2, 0) is 6.54 Å². The van der Waals surface area contributed by atoms with E-state index in [9.17, 15) is 9.59 Å². The van der Waals surface area contributed by atoms with E-state index in [0.29, 0.717) is 41.1 Å². The smallest absolute Gasteiger partial charge is 0.252 e. The molecule has 1 amide bonds. The van der Waals surface area contributed by atoms with Crippen LogP contribution in [0, 0.1) is 0 Å². The van der Waals surface area contributed by atoms with Crippen LogP contribution in [0.15, 0.2) is 51.7 Å². The first kappa shape index (κ1) is 19.0. The van der Waals surface area contributed by atoms with Crippen molar-refractivity contribution in [1.82, 2.24) is 10.3 Å². The Labute approximate surface area is 164 Å². The van der Waals surface area contributed by atoms with Crippen LogP contribution in [0.25, 0.3) is 10.9 Å². The zero-order valence-corrected chi connectivity index (χ0v) is 16.6. The van der Waals surface area contributed by atoms with E-state index in [2.05, 4.69) is 26.2 Å². The first-order chi connectivity index (χ1) is 13.0. The van der Waals surface area contributed by atoms with Crippen LogP contribution < -0.4 is 20.3 Å². The lowest BCUT2D eigenvalue weighted by molar-refractivity contribution is 0.0952. The number of ether oxygens (including phenoxy) is 2. The van der Waals surface area contributed by atoms with Crippen molar-refractivity contribution in [3.8, 4) is 11.5 Å². The van der Waals surface area contributed by atoms with Crippen LogP contribution in [0.4, 0.5) is 0 Å². The third-order valence-corrected chi connectivity index (χ3v) is 4.52. The number of hydrogen-bond acceptors (Lipinski definition) is 4. The van der Waals surface area contributed by atoms with E-state index in [0.717, 1.165) is 10.0 Å². The molecule has 0 aliphatic rings. The summed E-state index contributed by atoms with van der Waals surface area (Å²) in [6.45, 7) is 2.74. The summed E-state index contributed by atoms with van der Waals surface area (Å²) in [5.74, 6) is 0.937. The molecule has 0 radical (unpaired) electrons. The fraction of sp³-hybridized carbons (Fsp3) is 0.200. The van der Waals surface area contributed by atoms with E-state index < -0.39 is 0 Å². The Morgan fingerprint density at radius 1 is 1.15 bits per heavy atom. The van der Waals surface area contributed by atoms with E-state index in [1.165, 1.54) is 6.07 Å². The normalized spacial score (nSPS) is 10.6. The number of aromatic nitrogens is 1. The average molecular weight is 431 g/mol. The summed E-state index contributed by atoms with van der Waals surface area (Å²) in [6, 6.07) is 12.2. The van der Waals surface area contributed by atoms with Gasteiger partial charge in [-0.05, 0) is 42.8 Å². The van der Waals surface area contributed by atoms with Crippen molar-refractivity contribution in [2.45, 2.75) is 13.5 Å². The van der Waals surface area contributed by atoms with Crippen molar-refractivity contribution in [3.63, 3.8) is 0 Å². The minimum absolute atomic E-state index is 0.296. The molecule has 6 nitrogen and oxygen atoms in total. The number of benzene rings is 2. The Hall–Kier alpha value is -2.80. The number of nitrogens with one attached hydrogen (secondary N) is 2. The number of fused-ring (bicyclic) bond motifs is 1. The topological polar surface area (TPSA) is 80.4 Å². The standard InChI is InChI=1S/C20H19BrN2O4/c1-3-27-17-7-4-12(8-18(17)26-2)11-22-20(25)15-10-19(24)23-16-6-5-13(21)9-14(15)16/h4-10H,3,11H2,1-2H3,(H,22,25)(H,23,24). The number of methoxy groups -OCH3 is 1. The summed E-state index contributed by atoms with van der Waals surface area (Å²) >= 11 is 3.40. The third-order valence-electron chi connectivity index (χ3n) is 4.03. The van der Waals surface area contributed by atoms with Gasteiger partial charge >= 0.3 is 0 Å². The Morgan fingerprint density at radius 2 is 1.96 bits per heavy atom. The second-order valence-electron chi connectivity index (χ2n) is 5.84. The monoisotopic (exact) mass is 430 g/mol. The molecule has 1 heterocycles. The van der Waals surface area contributed by atoms with Gasteiger partial charge in [-0.1, -0.05) is 22.0 Å². The van der Waals surface area contributed by atoms with Gasteiger partial charge in [0.05, 0.1) is 19.3 Å². The third kappa shape index (κ3) is 4.31. The molecule has 3 rings (SSSR count). The summed E-state index contributed by atoms with van der Waals surface area (Å²) < 4.78 is 11.6. The van der Waals surface area contributed by atoms with Gasteiger partial charge in [0.1, 0.15) is 0 Å². The van der Waals surface area contributed by atoms with Gasteiger partial charge in [-0.15, -0.1) is 0 Å². The van der Waals surface area contributed by atoms with Crippen LogP contribution >= 0.6 is 15.9 Å². The van der Waals surface area contributed by atoms with E-state index in [1.807, 2.05) is 31.2 Å². The lowest BCUT2D eigenvalue weighted by Crippen LogP contribution is -2.24. The van der Waals surface area contributed by atoms with Gasteiger partial charge in [0.15, 0.2) is 11.5 Å². The van der Waals surface area contributed by atoms with Crippen LogP contribution in [0.3, 0.4) is 0 Å². The SMILES string of the molecule is CCOc1ccc(CNC(=O)c2cc(=O)[nH]c3ccc(Br)cc23)cc1OC. The van der Waals surface area contributed by atoms with Crippen molar-refractivity contribution in [1.29, 1.82) is 0 Å². The number of carbonyl (C=O) groups excluding carboxylic acids is 1. The van der Waals surface area contributed by atoms with E-state index >= 15 is 0 Å². The molecule has 0 bridgehead atoms. The van der Waals surface area contributed by atoms with Gasteiger partial charge in [-0.2, -0.15) is 0 Å². The Balaban J connectivity index is 1.83. The van der Waals surface area contributed by atoms with Gasteiger partial charge in [0.2, 0.25) is 5.56 Å². The summed E-state index contributed by atoms with van der Waals surface area (Å²) in [5.41, 5.74) is 1.48. The zero-order valence-electron chi connectivity index (χ0n) is 15.0. The molecule has 1 aromatic heterocycles. The largest absolute Gasteiger partial charge is 0.493 e. The summed E-state index contributed by atoms with van der Waals surface area (Å²) in [6.07, 6.45) is 0. The van der Waals surface area contributed by atoms with Crippen molar-refractivity contribution >= 4 is 32.7 Å². The second-order valence-corrected chi connectivity index (χ2v) is 6.75.